The van der Waals surface area contributed by atoms with Gasteiger partial charge in [0.05, 0.1) is 6.07 Å². The molecule has 1 fully saturated rings. The first-order valence-corrected chi connectivity index (χ1v) is 7.55. The van der Waals surface area contributed by atoms with Crippen LogP contribution in [0.2, 0.25) is 0 Å². The van der Waals surface area contributed by atoms with Crippen LogP contribution in [0.15, 0.2) is 24.3 Å². The summed E-state index contributed by atoms with van der Waals surface area (Å²) in [7, 11) is -3.71. The Morgan fingerprint density at radius 2 is 2.05 bits per heavy atom. The van der Waals surface area contributed by atoms with Crippen LogP contribution >= 0.6 is 0 Å². The lowest BCUT2D eigenvalue weighted by atomic mass is 10.2. The summed E-state index contributed by atoms with van der Waals surface area (Å²) in [6.07, 6.45) is 0. The molecule has 0 aromatic heterocycles. The van der Waals surface area contributed by atoms with E-state index in [0.717, 1.165) is 0 Å². The molecular weight excluding hydrogens is 280 g/mol. The van der Waals surface area contributed by atoms with E-state index in [1.807, 2.05) is 0 Å². The average Bonchev–Trinajstić information content (AvgIpc) is 2.84. The molecule has 0 aliphatic carbocycles. The number of nitriles is 1. The Kier molecular flexibility index (Phi) is 3.81. The molecule has 1 unspecified atom stereocenters. The Hall–Kier alpha value is -2.27. The summed E-state index contributed by atoms with van der Waals surface area (Å²) >= 11 is 0. The minimum Gasteiger partial charge on any atom is -0.336 e. The summed E-state index contributed by atoms with van der Waals surface area (Å²) < 4.78 is 25.8. The zero-order valence-electron chi connectivity index (χ0n) is 10.8. The number of nitrogens with zero attached hydrogens (tertiary/aromatic N) is 2. The largest absolute Gasteiger partial charge is 0.336 e. The fourth-order valence-corrected chi connectivity index (χ4v) is 2.53. The highest BCUT2D eigenvalue weighted by Crippen LogP contribution is 2.20. The predicted molar refractivity (Wildman–Crippen MR) is 74.8 cm³/mol. The predicted octanol–water partition coefficient (Wildman–Crippen LogP) is 0.870. The van der Waals surface area contributed by atoms with Gasteiger partial charge in [0.15, 0.2) is 5.25 Å². The first-order valence-electron chi connectivity index (χ1n) is 6.01. The van der Waals surface area contributed by atoms with Crippen molar-refractivity contribution in [1.29, 1.82) is 5.26 Å². The summed E-state index contributed by atoms with van der Waals surface area (Å²) in [5, 5.41) is 10.2. The Morgan fingerprint density at radius 3 is 2.55 bits per heavy atom. The minimum absolute atomic E-state index is 0.170. The lowest BCUT2D eigenvalue weighted by molar-refractivity contribution is 0.252. The van der Waals surface area contributed by atoms with Gasteiger partial charge in [0.2, 0.25) is 10.0 Å². The van der Waals surface area contributed by atoms with Gasteiger partial charge in [0, 0.05) is 24.5 Å². The molecule has 1 saturated heterocycles. The van der Waals surface area contributed by atoms with Crippen LogP contribution in [-0.4, -0.2) is 32.8 Å². The maximum Gasteiger partial charge on any atom is 0.321 e. The molecule has 7 nitrogen and oxygen atoms in total. The molecule has 2 amide bonds. The summed E-state index contributed by atoms with van der Waals surface area (Å²) in [5.74, 6) is 0. The molecule has 2 rings (SSSR count). The van der Waals surface area contributed by atoms with Crippen LogP contribution in [0.1, 0.15) is 6.92 Å². The molecule has 0 spiro atoms. The number of carbonyl (C=O) groups excluding carboxylic acids is 1. The second-order valence-electron chi connectivity index (χ2n) is 4.35. The number of anilines is 2. The van der Waals surface area contributed by atoms with Crippen molar-refractivity contribution in [2.24, 2.45) is 0 Å². The van der Waals surface area contributed by atoms with E-state index in [1.54, 1.807) is 35.2 Å². The van der Waals surface area contributed by atoms with Crippen LogP contribution < -0.4 is 14.9 Å². The number of benzene rings is 1. The van der Waals surface area contributed by atoms with Gasteiger partial charge in [-0.15, -0.1) is 0 Å². The van der Waals surface area contributed by atoms with Crippen LogP contribution in [0.5, 0.6) is 0 Å². The third kappa shape index (κ3) is 2.83. The van der Waals surface area contributed by atoms with Crippen LogP contribution in [0.4, 0.5) is 16.2 Å². The van der Waals surface area contributed by atoms with Crippen molar-refractivity contribution in [2.45, 2.75) is 12.2 Å². The number of hydrogen-bond acceptors (Lipinski definition) is 4. The SMILES string of the molecule is CC(C#N)S(=O)(=O)Nc1ccc(N2CCNC2=O)cc1. The standard InChI is InChI=1S/C12H14N4O3S/c1-9(8-13)20(18,19)15-10-2-4-11(5-3-10)16-7-6-14-12(16)17/h2-5,9,15H,6-7H2,1H3,(H,14,17). The Bertz CT molecular complexity index is 648. The molecule has 1 aliphatic heterocycles. The lowest BCUT2D eigenvalue weighted by Gasteiger charge is -2.15. The summed E-state index contributed by atoms with van der Waals surface area (Å²) in [4.78, 5) is 13.0. The molecule has 1 aliphatic rings. The van der Waals surface area contributed by atoms with E-state index in [0.29, 0.717) is 24.5 Å². The van der Waals surface area contributed by atoms with Gasteiger partial charge < -0.3 is 5.32 Å². The maximum atomic E-state index is 11.7. The topological polar surface area (TPSA) is 102 Å². The van der Waals surface area contributed by atoms with Crippen LogP contribution in [0.3, 0.4) is 0 Å². The van der Waals surface area contributed by atoms with Gasteiger partial charge in [-0.05, 0) is 31.2 Å². The molecule has 8 heteroatoms. The molecule has 0 radical (unpaired) electrons. The zero-order chi connectivity index (χ0) is 14.8. The van der Waals surface area contributed by atoms with Gasteiger partial charge in [0.1, 0.15) is 0 Å². The first kappa shape index (κ1) is 14.1. The summed E-state index contributed by atoms with van der Waals surface area (Å²) in [6.45, 7) is 2.48. The van der Waals surface area contributed by atoms with Gasteiger partial charge in [-0.2, -0.15) is 5.26 Å². The van der Waals surface area contributed by atoms with Gasteiger partial charge in [-0.1, -0.05) is 0 Å². The average molecular weight is 294 g/mol. The molecule has 1 heterocycles. The molecule has 0 saturated carbocycles. The van der Waals surface area contributed by atoms with Gasteiger partial charge >= 0.3 is 6.03 Å². The highest BCUT2D eigenvalue weighted by Gasteiger charge is 2.22. The monoisotopic (exact) mass is 294 g/mol. The van der Waals surface area contributed by atoms with Crippen LogP contribution in [0.25, 0.3) is 0 Å². The minimum atomic E-state index is -3.71. The normalized spacial score (nSPS) is 16.4. The van der Waals surface area contributed by atoms with E-state index in [4.69, 9.17) is 5.26 Å². The summed E-state index contributed by atoms with van der Waals surface area (Å²) in [5.41, 5.74) is 1.05. The fraction of sp³-hybridized carbons (Fsp3) is 0.333. The quantitative estimate of drug-likeness (QED) is 0.860. The van der Waals surface area contributed by atoms with Crippen molar-refractivity contribution in [3.63, 3.8) is 0 Å². The fourth-order valence-electron chi connectivity index (χ4n) is 1.75. The third-order valence-electron chi connectivity index (χ3n) is 2.94. The Morgan fingerprint density at radius 1 is 1.40 bits per heavy atom. The Labute approximate surface area is 117 Å². The third-order valence-corrected chi connectivity index (χ3v) is 4.50. The van der Waals surface area contributed by atoms with E-state index >= 15 is 0 Å². The number of hydrogen-bond donors (Lipinski definition) is 2. The number of rotatable bonds is 4. The molecule has 106 valence electrons. The Balaban J connectivity index is 2.13. The number of carbonyl (C=O) groups is 1. The van der Waals surface area contributed by atoms with Crippen molar-refractivity contribution in [2.75, 3.05) is 22.7 Å². The molecule has 1 aromatic rings. The van der Waals surface area contributed by atoms with E-state index < -0.39 is 15.3 Å². The second kappa shape index (κ2) is 5.38. The molecule has 20 heavy (non-hydrogen) atoms. The number of sulfonamides is 1. The number of nitrogens with one attached hydrogen (secondary N) is 2. The van der Waals surface area contributed by atoms with E-state index in [-0.39, 0.29) is 6.03 Å². The highest BCUT2D eigenvalue weighted by atomic mass is 32.2. The van der Waals surface area contributed by atoms with Crippen molar-refractivity contribution < 1.29 is 13.2 Å². The van der Waals surface area contributed by atoms with Crippen LogP contribution in [-0.2, 0) is 10.0 Å². The van der Waals surface area contributed by atoms with Crippen molar-refractivity contribution in [3.05, 3.63) is 24.3 Å². The van der Waals surface area contributed by atoms with Gasteiger partial charge in [-0.25, -0.2) is 13.2 Å². The van der Waals surface area contributed by atoms with Crippen LogP contribution in [0, 0.1) is 11.3 Å². The van der Waals surface area contributed by atoms with Gasteiger partial charge in [0.25, 0.3) is 0 Å². The van der Waals surface area contributed by atoms with Crippen molar-refractivity contribution in [3.8, 4) is 6.07 Å². The van der Waals surface area contributed by atoms with E-state index in [2.05, 4.69) is 10.0 Å². The highest BCUT2D eigenvalue weighted by molar-refractivity contribution is 7.93. The number of amides is 2. The van der Waals surface area contributed by atoms with Crippen molar-refractivity contribution in [1.82, 2.24) is 5.32 Å². The molecule has 1 aromatic carbocycles. The zero-order valence-corrected chi connectivity index (χ0v) is 11.6. The first-order chi connectivity index (χ1) is 9.44. The maximum absolute atomic E-state index is 11.7. The number of urea groups is 1. The molecule has 2 N–H and O–H groups in total. The van der Waals surface area contributed by atoms with E-state index in [1.165, 1.54) is 6.92 Å². The molecule has 0 bridgehead atoms. The van der Waals surface area contributed by atoms with E-state index in [9.17, 15) is 13.2 Å². The second-order valence-corrected chi connectivity index (χ2v) is 6.35. The summed E-state index contributed by atoms with van der Waals surface area (Å²) in [6, 6.07) is 7.93. The molecule has 1 atom stereocenters. The lowest BCUT2D eigenvalue weighted by Crippen LogP contribution is -2.27. The smallest absolute Gasteiger partial charge is 0.321 e. The van der Waals surface area contributed by atoms with Gasteiger partial charge in [-0.3, -0.25) is 9.62 Å². The van der Waals surface area contributed by atoms with Crippen molar-refractivity contribution >= 4 is 27.4 Å². The molecular formula is C12H14N4O3S.